The zero-order valence-electron chi connectivity index (χ0n) is 11.2. The minimum Gasteiger partial charge on any atom is -0.466 e. The predicted molar refractivity (Wildman–Crippen MR) is 81.7 cm³/mol. The third kappa shape index (κ3) is 4.73. The maximum atomic E-state index is 10.9. The Kier molecular flexibility index (Phi) is 5.32. The first-order valence-electron chi connectivity index (χ1n) is 5.88. The van der Waals surface area contributed by atoms with E-state index >= 15 is 0 Å². The number of anilines is 1. The average molecular weight is 330 g/mol. The standard InChI is InChI=1S/C11H14N4O2S3/c1-6(2)17-10-14-15-11(20-10)19-5-8-4-18-9(13-8)12-7(3)16/h4,6H,5H2,1-3H3,(H,12,13,16). The second-order valence-electron chi connectivity index (χ2n) is 4.11. The van der Waals surface area contributed by atoms with Gasteiger partial charge in [-0.3, -0.25) is 4.79 Å². The lowest BCUT2D eigenvalue weighted by molar-refractivity contribution is -0.114. The summed E-state index contributed by atoms with van der Waals surface area (Å²) in [6, 6.07) is 0. The number of ether oxygens (including phenoxy) is 1. The first kappa shape index (κ1) is 15.2. The van der Waals surface area contributed by atoms with Crippen LogP contribution in [0.4, 0.5) is 5.13 Å². The molecule has 0 aliphatic heterocycles. The van der Waals surface area contributed by atoms with Gasteiger partial charge in [-0.1, -0.05) is 16.9 Å². The summed E-state index contributed by atoms with van der Waals surface area (Å²) in [6.07, 6.45) is 0.0968. The van der Waals surface area contributed by atoms with E-state index in [-0.39, 0.29) is 12.0 Å². The molecule has 0 aromatic carbocycles. The fourth-order valence-electron chi connectivity index (χ4n) is 1.22. The number of rotatable bonds is 6. The van der Waals surface area contributed by atoms with Gasteiger partial charge in [-0.2, -0.15) is 0 Å². The van der Waals surface area contributed by atoms with E-state index in [0.717, 1.165) is 10.0 Å². The van der Waals surface area contributed by atoms with Crippen LogP contribution in [0.15, 0.2) is 9.72 Å². The van der Waals surface area contributed by atoms with Crippen LogP contribution in [0.25, 0.3) is 0 Å². The van der Waals surface area contributed by atoms with Gasteiger partial charge >= 0.3 is 0 Å². The molecule has 0 fully saturated rings. The Morgan fingerprint density at radius 3 is 3.00 bits per heavy atom. The van der Waals surface area contributed by atoms with Gasteiger partial charge in [0.05, 0.1) is 11.8 Å². The molecule has 0 atom stereocenters. The Morgan fingerprint density at radius 2 is 2.30 bits per heavy atom. The Morgan fingerprint density at radius 1 is 1.50 bits per heavy atom. The van der Waals surface area contributed by atoms with Crippen LogP contribution in [0, 0.1) is 0 Å². The van der Waals surface area contributed by atoms with Crippen LogP contribution in [0.2, 0.25) is 0 Å². The average Bonchev–Trinajstić information content (AvgIpc) is 2.94. The molecule has 2 heterocycles. The molecule has 2 aromatic rings. The molecule has 9 heteroatoms. The molecule has 2 aromatic heterocycles. The number of thiazole rings is 1. The van der Waals surface area contributed by atoms with E-state index in [2.05, 4.69) is 20.5 Å². The molecule has 0 radical (unpaired) electrons. The highest BCUT2D eigenvalue weighted by molar-refractivity contribution is 8.00. The lowest BCUT2D eigenvalue weighted by Gasteiger charge is -2.02. The molecule has 0 saturated heterocycles. The summed E-state index contributed by atoms with van der Waals surface area (Å²) in [5.41, 5.74) is 0.908. The lowest BCUT2D eigenvalue weighted by atomic mass is 10.5. The summed E-state index contributed by atoms with van der Waals surface area (Å²) in [6.45, 7) is 5.37. The van der Waals surface area contributed by atoms with Crippen LogP contribution in [0.3, 0.4) is 0 Å². The number of thioether (sulfide) groups is 1. The summed E-state index contributed by atoms with van der Waals surface area (Å²) in [5.74, 6) is 0.574. The minimum atomic E-state index is -0.113. The second kappa shape index (κ2) is 7.00. The Bertz CT molecular complexity index is 582. The molecule has 0 spiro atoms. The SMILES string of the molecule is CC(=O)Nc1nc(CSc2nnc(OC(C)C)s2)cs1. The molecular formula is C11H14N4O2S3. The van der Waals surface area contributed by atoms with Gasteiger partial charge in [0, 0.05) is 18.1 Å². The van der Waals surface area contributed by atoms with Gasteiger partial charge < -0.3 is 10.1 Å². The van der Waals surface area contributed by atoms with E-state index in [9.17, 15) is 4.79 Å². The molecule has 0 bridgehead atoms. The highest BCUT2D eigenvalue weighted by Gasteiger charge is 2.09. The van der Waals surface area contributed by atoms with Crippen LogP contribution in [-0.2, 0) is 10.5 Å². The number of hydrogen-bond donors (Lipinski definition) is 1. The molecule has 0 unspecified atom stereocenters. The number of aromatic nitrogens is 3. The van der Waals surface area contributed by atoms with E-state index in [4.69, 9.17) is 4.74 Å². The molecule has 1 N–H and O–H groups in total. The van der Waals surface area contributed by atoms with Crippen molar-refractivity contribution in [1.82, 2.24) is 15.2 Å². The Labute approximate surface area is 129 Å². The molecule has 0 aliphatic rings. The molecule has 0 saturated carbocycles. The van der Waals surface area contributed by atoms with Gasteiger partial charge in [-0.15, -0.1) is 16.4 Å². The quantitative estimate of drug-likeness (QED) is 0.820. The normalized spacial score (nSPS) is 10.8. The summed E-state index contributed by atoms with van der Waals surface area (Å²) >= 11 is 4.39. The van der Waals surface area contributed by atoms with Crippen molar-refractivity contribution in [2.45, 2.75) is 37.0 Å². The maximum Gasteiger partial charge on any atom is 0.295 e. The summed E-state index contributed by atoms with van der Waals surface area (Å²) in [4.78, 5) is 15.2. The van der Waals surface area contributed by atoms with E-state index in [0.29, 0.717) is 16.1 Å². The van der Waals surface area contributed by atoms with Gasteiger partial charge in [0.25, 0.3) is 5.19 Å². The predicted octanol–water partition coefficient (Wildman–Crippen LogP) is 3.03. The molecule has 108 valence electrons. The number of nitrogens with zero attached hydrogens (tertiary/aromatic N) is 3. The maximum absolute atomic E-state index is 10.9. The highest BCUT2D eigenvalue weighted by Crippen LogP contribution is 2.30. The smallest absolute Gasteiger partial charge is 0.295 e. The van der Waals surface area contributed by atoms with Gasteiger partial charge in [0.2, 0.25) is 5.91 Å². The van der Waals surface area contributed by atoms with Crippen LogP contribution in [0.1, 0.15) is 26.5 Å². The van der Waals surface area contributed by atoms with E-state index in [1.807, 2.05) is 19.2 Å². The van der Waals surface area contributed by atoms with Crippen molar-refractivity contribution in [2.75, 3.05) is 5.32 Å². The molecule has 2 rings (SSSR count). The molecule has 20 heavy (non-hydrogen) atoms. The third-order valence-electron chi connectivity index (χ3n) is 1.90. The highest BCUT2D eigenvalue weighted by atomic mass is 32.2. The van der Waals surface area contributed by atoms with Crippen LogP contribution in [-0.4, -0.2) is 27.2 Å². The van der Waals surface area contributed by atoms with Crippen LogP contribution < -0.4 is 10.1 Å². The zero-order valence-corrected chi connectivity index (χ0v) is 13.7. The van der Waals surface area contributed by atoms with Crippen LogP contribution >= 0.6 is 34.4 Å². The fraction of sp³-hybridized carbons (Fsp3) is 0.455. The summed E-state index contributed by atoms with van der Waals surface area (Å²) in [7, 11) is 0. The van der Waals surface area contributed by atoms with Crippen molar-refractivity contribution in [3.8, 4) is 5.19 Å². The first-order chi connectivity index (χ1) is 9.52. The van der Waals surface area contributed by atoms with Gasteiger partial charge in [0.15, 0.2) is 9.47 Å². The van der Waals surface area contributed by atoms with E-state index in [1.165, 1.54) is 29.6 Å². The number of amides is 1. The Hall–Kier alpha value is -1.19. The van der Waals surface area contributed by atoms with E-state index in [1.54, 1.807) is 11.8 Å². The van der Waals surface area contributed by atoms with Gasteiger partial charge in [-0.25, -0.2) is 4.98 Å². The monoisotopic (exact) mass is 330 g/mol. The van der Waals surface area contributed by atoms with Gasteiger partial charge in [0.1, 0.15) is 0 Å². The van der Waals surface area contributed by atoms with Crippen molar-refractivity contribution < 1.29 is 9.53 Å². The first-order valence-corrected chi connectivity index (χ1v) is 8.56. The number of nitrogens with one attached hydrogen (secondary N) is 1. The van der Waals surface area contributed by atoms with E-state index < -0.39 is 0 Å². The molecule has 1 amide bonds. The number of carbonyl (C=O) groups is 1. The topological polar surface area (TPSA) is 77.0 Å². The minimum absolute atomic E-state index is 0.0968. The van der Waals surface area contributed by atoms with Gasteiger partial charge in [-0.05, 0) is 25.2 Å². The van der Waals surface area contributed by atoms with Crippen molar-refractivity contribution in [3.63, 3.8) is 0 Å². The molecule has 6 nitrogen and oxygen atoms in total. The molecule has 0 aliphatic carbocycles. The Balaban J connectivity index is 1.87. The van der Waals surface area contributed by atoms with Crippen molar-refractivity contribution >= 4 is 45.5 Å². The van der Waals surface area contributed by atoms with Crippen molar-refractivity contribution in [1.29, 1.82) is 0 Å². The van der Waals surface area contributed by atoms with Crippen LogP contribution in [0.5, 0.6) is 5.19 Å². The largest absolute Gasteiger partial charge is 0.466 e. The number of carbonyl (C=O) groups excluding carboxylic acids is 1. The molecular weight excluding hydrogens is 316 g/mol. The third-order valence-corrected chi connectivity index (χ3v) is 4.69. The zero-order chi connectivity index (χ0) is 14.5. The summed E-state index contributed by atoms with van der Waals surface area (Å²) < 4.78 is 6.31. The fourth-order valence-corrected chi connectivity index (χ4v) is 3.78. The lowest BCUT2D eigenvalue weighted by Crippen LogP contribution is -2.05. The number of hydrogen-bond acceptors (Lipinski definition) is 8. The second-order valence-corrected chi connectivity index (χ2v) is 7.13. The summed E-state index contributed by atoms with van der Waals surface area (Å²) in [5, 5.41) is 13.8. The van der Waals surface area contributed by atoms with Crippen molar-refractivity contribution in [2.24, 2.45) is 0 Å². The van der Waals surface area contributed by atoms with Crippen molar-refractivity contribution in [3.05, 3.63) is 11.1 Å².